The summed E-state index contributed by atoms with van der Waals surface area (Å²) in [4.78, 5) is 4.22. The first-order valence-electron chi connectivity index (χ1n) is 6.68. The predicted molar refractivity (Wildman–Crippen MR) is 94.5 cm³/mol. The Labute approximate surface area is 134 Å². The van der Waals surface area contributed by atoms with E-state index < -0.39 is 0 Å². The van der Waals surface area contributed by atoms with Gasteiger partial charge < -0.3 is 10.6 Å². The molecule has 0 aromatic heterocycles. The Kier molecular flexibility index (Phi) is 9.65. The van der Waals surface area contributed by atoms with Crippen LogP contribution in [-0.2, 0) is 6.42 Å². The molecule has 19 heavy (non-hydrogen) atoms. The second-order valence-electron chi connectivity index (χ2n) is 4.69. The van der Waals surface area contributed by atoms with Crippen LogP contribution >= 0.6 is 24.0 Å². The molecule has 0 saturated carbocycles. The zero-order valence-corrected chi connectivity index (χ0v) is 14.7. The number of guanidine groups is 1. The molecular weight excluding hydrogens is 349 g/mol. The molecule has 0 heterocycles. The lowest BCUT2D eigenvalue weighted by Crippen LogP contribution is -2.42. The maximum atomic E-state index is 4.22. The summed E-state index contributed by atoms with van der Waals surface area (Å²) in [5.74, 6) is 0.886. The summed E-state index contributed by atoms with van der Waals surface area (Å²) in [7, 11) is 1.81. The van der Waals surface area contributed by atoms with Crippen LogP contribution in [0.2, 0.25) is 0 Å². The molecule has 2 N–H and O–H groups in total. The molecular formula is C15H26IN3. The third-order valence-corrected chi connectivity index (χ3v) is 3.01. The monoisotopic (exact) mass is 375 g/mol. The van der Waals surface area contributed by atoms with Gasteiger partial charge in [0.1, 0.15) is 0 Å². The van der Waals surface area contributed by atoms with E-state index in [0.29, 0.717) is 6.04 Å². The Morgan fingerprint density at radius 1 is 1.37 bits per heavy atom. The number of hydrogen-bond donors (Lipinski definition) is 2. The van der Waals surface area contributed by atoms with E-state index in [4.69, 9.17) is 0 Å². The number of aryl methyl sites for hydroxylation is 1. The Hall–Kier alpha value is -0.780. The van der Waals surface area contributed by atoms with Crippen LogP contribution in [0.25, 0.3) is 0 Å². The van der Waals surface area contributed by atoms with Crippen molar-refractivity contribution in [3.8, 4) is 0 Å². The molecule has 0 radical (unpaired) electrons. The quantitative estimate of drug-likeness (QED) is 0.471. The molecule has 1 aromatic carbocycles. The molecule has 3 nitrogen and oxygen atoms in total. The summed E-state index contributed by atoms with van der Waals surface area (Å²) in [5.41, 5.74) is 2.68. The SMILES string of the molecule is CCC(C)NC(=NC)NCCc1cccc(C)c1.I. The smallest absolute Gasteiger partial charge is 0.191 e. The van der Waals surface area contributed by atoms with E-state index in [1.165, 1.54) is 11.1 Å². The minimum Gasteiger partial charge on any atom is -0.356 e. The van der Waals surface area contributed by atoms with Crippen LogP contribution in [0.1, 0.15) is 31.4 Å². The zero-order valence-electron chi connectivity index (χ0n) is 12.4. The number of aliphatic imine (C=N–C) groups is 1. The molecule has 0 bridgehead atoms. The normalized spacial score (nSPS) is 12.5. The van der Waals surface area contributed by atoms with Crippen LogP contribution in [0.3, 0.4) is 0 Å². The van der Waals surface area contributed by atoms with E-state index in [9.17, 15) is 0 Å². The van der Waals surface area contributed by atoms with Gasteiger partial charge in [0.15, 0.2) is 5.96 Å². The van der Waals surface area contributed by atoms with Crippen molar-refractivity contribution in [2.45, 2.75) is 39.7 Å². The number of rotatable bonds is 5. The fraction of sp³-hybridized carbons (Fsp3) is 0.533. The molecule has 0 saturated heterocycles. The van der Waals surface area contributed by atoms with Crippen LogP contribution in [0.5, 0.6) is 0 Å². The molecule has 0 amide bonds. The van der Waals surface area contributed by atoms with E-state index in [-0.39, 0.29) is 24.0 Å². The molecule has 1 rings (SSSR count). The molecule has 0 aliphatic rings. The minimum absolute atomic E-state index is 0. The molecule has 0 fully saturated rings. The van der Waals surface area contributed by atoms with Crippen molar-refractivity contribution in [2.75, 3.05) is 13.6 Å². The highest BCUT2D eigenvalue weighted by molar-refractivity contribution is 14.0. The van der Waals surface area contributed by atoms with Gasteiger partial charge in [0.2, 0.25) is 0 Å². The fourth-order valence-corrected chi connectivity index (χ4v) is 1.72. The largest absolute Gasteiger partial charge is 0.356 e. The third kappa shape index (κ3) is 7.40. The van der Waals surface area contributed by atoms with Gasteiger partial charge in [-0.2, -0.15) is 0 Å². The Balaban J connectivity index is 0.00000324. The maximum Gasteiger partial charge on any atom is 0.191 e. The zero-order chi connectivity index (χ0) is 13.4. The van der Waals surface area contributed by atoms with Gasteiger partial charge in [0.25, 0.3) is 0 Å². The van der Waals surface area contributed by atoms with Gasteiger partial charge in [-0.05, 0) is 32.3 Å². The van der Waals surface area contributed by atoms with Crippen LogP contribution in [0, 0.1) is 6.92 Å². The van der Waals surface area contributed by atoms with Crippen LogP contribution in [0.4, 0.5) is 0 Å². The summed E-state index contributed by atoms with van der Waals surface area (Å²) in [6.45, 7) is 7.35. The highest BCUT2D eigenvalue weighted by Gasteiger charge is 2.02. The average Bonchev–Trinajstić information content (AvgIpc) is 2.37. The first kappa shape index (κ1) is 18.2. The molecule has 0 aliphatic carbocycles. The van der Waals surface area contributed by atoms with Gasteiger partial charge in [-0.1, -0.05) is 36.8 Å². The Morgan fingerprint density at radius 3 is 2.68 bits per heavy atom. The Morgan fingerprint density at radius 2 is 2.11 bits per heavy atom. The summed E-state index contributed by atoms with van der Waals surface area (Å²) >= 11 is 0. The third-order valence-electron chi connectivity index (χ3n) is 3.01. The van der Waals surface area contributed by atoms with Crippen molar-refractivity contribution in [1.29, 1.82) is 0 Å². The summed E-state index contributed by atoms with van der Waals surface area (Å²) in [5, 5.41) is 6.69. The second-order valence-corrected chi connectivity index (χ2v) is 4.69. The van der Waals surface area contributed by atoms with E-state index >= 15 is 0 Å². The summed E-state index contributed by atoms with van der Waals surface area (Å²) in [6.07, 6.45) is 2.11. The van der Waals surface area contributed by atoms with Crippen LogP contribution in [-0.4, -0.2) is 25.6 Å². The van der Waals surface area contributed by atoms with E-state index in [1.54, 1.807) is 0 Å². The molecule has 4 heteroatoms. The number of hydrogen-bond acceptors (Lipinski definition) is 1. The van der Waals surface area contributed by atoms with Gasteiger partial charge in [-0.25, -0.2) is 0 Å². The number of benzene rings is 1. The van der Waals surface area contributed by atoms with Crippen molar-refractivity contribution in [1.82, 2.24) is 10.6 Å². The van der Waals surface area contributed by atoms with Crippen molar-refractivity contribution < 1.29 is 0 Å². The summed E-state index contributed by atoms with van der Waals surface area (Å²) < 4.78 is 0. The Bertz CT molecular complexity index is 391. The standard InChI is InChI=1S/C15H25N3.HI/c1-5-13(3)18-15(16-4)17-10-9-14-8-6-7-12(2)11-14;/h6-8,11,13H,5,9-10H2,1-4H3,(H2,16,17,18);1H. The average molecular weight is 375 g/mol. The van der Waals surface area contributed by atoms with Gasteiger partial charge in [-0.3, -0.25) is 4.99 Å². The molecule has 0 spiro atoms. The lowest BCUT2D eigenvalue weighted by Gasteiger charge is -2.16. The van der Waals surface area contributed by atoms with Crippen LogP contribution in [0.15, 0.2) is 29.3 Å². The number of nitrogens with one attached hydrogen (secondary N) is 2. The second kappa shape index (κ2) is 10.1. The minimum atomic E-state index is 0. The van der Waals surface area contributed by atoms with Crippen molar-refractivity contribution in [3.05, 3.63) is 35.4 Å². The number of nitrogens with zero attached hydrogens (tertiary/aromatic N) is 1. The van der Waals surface area contributed by atoms with Gasteiger partial charge in [-0.15, -0.1) is 24.0 Å². The lowest BCUT2D eigenvalue weighted by atomic mass is 10.1. The lowest BCUT2D eigenvalue weighted by molar-refractivity contribution is 0.624. The maximum absolute atomic E-state index is 4.22. The van der Waals surface area contributed by atoms with E-state index in [0.717, 1.165) is 25.3 Å². The van der Waals surface area contributed by atoms with Gasteiger partial charge in [0.05, 0.1) is 0 Å². The summed E-state index contributed by atoms with van der Waals surface area (Å²) in [6, 6.07) is 9.08. The highest BCUT2D eigenvalue weighted by atomic mass is 127. The van der Waals surface area contributed by atoms with Crippen molar-refractivity contribution in [2.24, 2.45) is 4.99 Å². The molecule has 1 aromatic rings. The van der Waals surface area contributed by atoms with Gasteiger partial charge >= 0.3 is 0 Å². The van der Waals surface area contributed by atoms with Crippen molar-refractivity contribution >= 4 is 29.9 Å². The fourth-order valence-electron chi connectivity index (χ4n) is 1.72. The van der Waals surface area contributed by atoms with E-state index in [1.807, 2.05) is 7.05 Å². The molecule has 1 unspecified atom stereocenters. The topological polar surface area (TPSA) is 36.4 Å². The predicted octanol–water partition coefficient (Wildman–Crippen LogP) is 3.12. The first-order chi connectivity index (χ1) is 8.65. The molecule has 108 valence electrons. The van der Waals surface area contributed by atoms with Gasteiger partial charge in [0, 0.05) is 19.6 Å². The van der Waals surface area contributed by atoms with Crippen molar-refractivity contribution in [3.63, 3.8) is 0 Å². The molecule has 1 atom stereocenters. The first-order valence-corrected chi connectivity index (χ1v) is 6.68. The molecule has 0 aliphatic heterocycles. The number of halogens is 1. The highest BCUT2D eigenvalue weighted by Crippen LogP contribution is 2.03. The van der Waals surface area contributed by atoms with Crippen LogP contribution < -0.4 is 10.6 Å². The van der Waals surface area contributed by atoms with E-state index in [2.05, 4.69) is 60.7 Å².